The summed E-state index contributed by atoms with van der Waals surface area (Å²) in [5.41, 5.74) is 0. The van der Waals surface area contributed by atoms with E-state index in [0.717, 1.165) is 0 Å². The first-order valence-corrected chi connectivity index (χ1v) is 8.76. The minimum Gasteiger partial charge on any atom is -0.476 e. The lowest BCUT2D eigenvalue weighted by molar-refractivity contribution is 0.0632. The summed E-state index contributed by atoms with van der Waals surface area (Å²) in [5.74, 6) is 0.499. The highest BCUT2D eigenvalue weighted by Gasteiger charge is 2.40. The van der Waals surface area contributed by atoms with Crippen molar-refractivity contribution >= 4 is 21.8 Å². The second kappa shape index (κ2) is 6.63. The average Bonchev–Trinajstić information content (AvgIpc) is 2.46. The van der Waals surface area contributed by atoms with Crippen LogP contribution >= 0.6 is 11.6 Å². The van der Waals surface area contributed by atoms with Crippen molar-refractivity contribution in [1.29, 1.82) is 0 Å². The van der Waals surface area contributed by atoms with Gasteiger partial charge in [0.05, 0.1) is 32.2 Å². The predicted molar refractivity (Wildman–Crippen MR) is 78.9 cm³/mol. The zero-order chi connectivity index (χ0) is 15.6. The van der Waals surface area contributed by atoms with Gasteiger partial charge in [0, 0.05) is 32.1 Å². The van der Waals surface area contributed by atoms with Crippen LogP contribution in [0, 0.1) is 5.92 Å². The first-order chi connectivity index (χ1) is 10.6. The van der Waals surface area contributed by atoms with Gasteiger partial charge in [0.15, 0.2) is 5.15 Å². The van der Waals surface area contributed by atoms with E-state index in [-0.39, 0.29) is 11.1 Å². The maximum Gasteiger partial charge on any atom is 0.282 e. The third-order valence-electron chi connectivity index (χ3n) is 3.60. The summed E-state index contributed by atoms with van der Waals surface area (Å²) >= 11 is 5.72. The molecule has 122 valence electrons. The third kappa shape index (κ3) is 3.49. The van der Waals surface area contributed by atoms with Crippen LogP contribution in [0.5, 0.6) is 5.88 Å². The molecule has 2 aliphatic heterocycles. The van der Waals surface area contributed by atoms with Crippen LogP contribution < -0.4 is 4.74 Å². The monoisotopic (exact) mass is 348 g/mol. The molecule has 1 aromatic rings. The van der Waals surface area contributed by atoms with Crippen LogP contribution in [0.1, 0.15) is 0 Å². The topological polar surface area (TPSA) is 84.9 Å². The van der Waals surface area contributed by atoms with Gasteiger partial charge in [0.2, 0.25) is 5.88 Å². The molecule has 0 saturated carbocycles. The van der Waals surface area contributed by atoms with E-state index in [1.807, 2.05) is 0 Å². The van der Waals surface area contributed by atoms with E-state index in [1.165, 1.54) is 21.0 Å². The van der Waals surface area contributed by atoms with Crippen molar-refractivity contribution in [2.75, 3.05) is 46.0 Å². The number of hydrogen-bond donors (Lipinski definition) is 0. The Morgan fingerprint density at radius 2 is 2.00 bits per heavy atom. The number of nitrogens with zero attached hydrogens (tertiary/aromatic N) is 4. The maximum atomic E-state index is 12.3. The summed E-state index contributed by atoms with van der Waals surface area (Å²) in [7, 11) is -3.37. The number of hydrogen-bond acceptors (Lipinski definition) is 6. The van der Waals surface area contributed by atoms with E-state index in [4.69, 9.17) is 21.1 Å². The Morgan fingerprint density at radius 1 is 1.27 bits per heavy atom. The Bertz CT molecular complexity index is 617. The molecule has 3 rings (SSSR count). The SMILES string of the molecule is O=S(=O)(N1CCOCC1)N1CC(COc2cncc(Cl)n2)C1. The Labute approximate surface area is 134 Å². The fourth-order valence-electron chi connectivity index (χ4n) is 2.36. The van der Waals surface area contributed by atoms with Crippen molar-refractivity contribution in [2.45, 2.75) is 0 Å². The van der Waals surface area contributed by atoms with Gasteiger partial charge in [-0.2, -0.15) is 22.0 Å². The summed E-state index contributed by atoms with van der Waals surface area (Å²) < 4.78 is 38.3. The quantitative estimate of drug-likeness (QED) is 0.745. The van der Waals surface area contributed by atoms with Gasteiger partial charge in [-0.1, -0.05) is 11.6 Å². The highest BCUT2D eigenvalue weighted by molar-refractivity contribution is 7.86. The second-order valence-corrected chi connectivity index (χ2v) is 7.51. The normalized spacial score (nSPS) is 21.5. The van der Waals surface area contributed by atoms with Crippen LogP contribution in [0.15, 0.2) is 12.4 Å². The molecule has 0 spiro atoms. The van der Waals surface area contributed by atoms with Crippen LogP contribution in [-0.2, 0) is 14.9 Å². The standard InChI is InChI=1S/C12H17ClN4O4S/c13-11-5-14-6-12(15-11)21-9-10-7-17(8-10)22(18,19)16-1-3-20-4-2-16/h5-6,10H,1-4,7-9H2. The Hall–Kier alpha value is -1.00. The number of aromatic nitrogens is 2. The van der Waals surface area contributed by atoms with Crippen LogP contribution in [0.25, 0.3) is 0 Å². The first-order valence-electron chi connectivity index (χ1n) is 6.99. The molecule has 22 heavy (non-hydrogen) atoms. The van der Waals surface area contributed by atoms with Crippen LogP contribution in [0.2, 0.25) is 5.15 Å². The summed E-state index contributed by atoms with van der Waals surface area (Å²) in [6, 6.07) is 0. The largest absolute Gasteiger partial charge is 0.476 e. The highest BCUT2D eigenvalue weighted by Crippen LogP contribution is 2.23. The van der Waals surface area contributed by atoms with Crippen molar-refractivity contribution in [3.63, 3.8) is 0 Å². The van der Waals surface area contributed by atoms with Crippen molar-refractivity contribution in [3.05, 3.63) is 17.5 Å². The van der Waals surface area contributed by atoms with Crippen molar-refractivity contribution in [1.82, 2.24) is 18.6 Å². The molecule has 2 saturated heterocycles. The molecule has 0 bridgehead atoms. The van der Waals surface area contributed by atoms with E-state index in [9.17, 15) is 8.42 Å². The fourth-order valence-corrected chi connectivity index (χ4v) is 4.23. The lowest BCUT2D eigenvalue weighted by Crippen LogP contribution is -2.58. The van der Waals surface area contributed by atoms with Gasteiger partial charge in [-0.25, -0.2) is 0 Å². The van der Waals surface area contributed by atoms with E-state index >= 15 is 0 Å². The molecule has 0 radical (unpaired) electrons. The number of morpholine rings is 1. The molecule has 2 fully saturated rings. The van der Waals surface area contributed by atoms with Gasteiger partial charge in [0.1, 0.15) is 0 Å². The molecule has 0 N–H and O–H groups in total. The number of rotatable bonds is 5. The summed E-state index contributed by atoms with van der Waals surface area (Å²) in [6.07, 6.45) is 2.90. The zero-order valence-electron chi connectivity index (χ0n) is 11.9. The van der Waals surface area contributed by atoms with E-state index < -0.39 is 10.2 Å². The van der Waals surface area contributed by atoms with Gasteiger partial charge in [-0.05, 0) is 0 Å². The highest BCUT2D eigenvalue weighted by atomic mass is 35.5. The van der Waals surface area contributed by atoms with E-state index in [2.05, 4.69) is 9.97 Å². The Kier molecular flexibility index (Phi) is 4.79. The zero-order valence-corrected chi connectivity index (χ0v) is 13.5. The van der Waals surface area contributed by atoms with Crippen LogP contribution in [0.3, 0.4) is 0 Å². The predicted octanol–water partition coefficient (Wildman–Crippen LogP) is 0.0176. The second-order valence-electron chi connectivity index (χ2n) is 5.19. The molecule has 3 heterocycles. The van der Waals surface area contributed by atoms with Gasteiger partial charge in [-0.15, -0.1) is 0 Å². The maximum absolute atomic E-state index is 12.3. The smallest absolute Gasteiger partial charge is 0.282 e. The molecule has 10 heteroatoms. The number of ether oxygens (including phenoxy) is 2. The van der Waals surface area contributed by atoms with Gasteiger partial charge >= 0.3 is 0 Å². The lowest BCUT2D eigenvalue weighted by Gasteiger charge is -2.41. The Balaban J connectivity index is 1.47. The van der Waals surface area contributed by atoms with Crippen molar-refractivity contribution < 1.29 is 17.9 Å². The molecule has 2 aliphatic rings. The van der Waals surface area contributed by atoms with Gasteiger partial charge in [-0.3, -0.25) is 4.98 Å². The fraction of sp³-hybridized carbons (Fsp3) is 0.667. The molecule has 0 atom stereocenters. The Morgan fingerprint density at radius 3 is 2.68 bits per heavy atom. The molecule has 8 nitrogen and oxygen atoms in total. The molecule has 0 aliphatic carbocycles. The summed E-state index contributed by atoms with van der Waals surface area (Å²) in [5, 5.41) is 0.266. The molecule has 0 amide bonds. The van der Waals surface area contributed by atoms with Crippen LogP contribution in [0.4, 0.5) is 0 Å². The van der Waals surface area contributed by atoms with E-state index in [0.29, 0.717) is 51.9 Å². The van der Waals surface area contributed by atoms with Gasteiger partial charge in [0.25, 0.3) is 10.2 Å². The van der Waals surface area contributed by atoms with Crippen molar-refractivity contribution in [2.24, 2.45) is 5.92 Å². The molecule has 1 aromatic heterocycles. The van der Waals surface area contributed by atoms with Crippen molar-refractivity contribution in [3.8, 4) is 5.88 Å². The summed E-state index contributed by atoms with van der Waals surface area (Å²) in [6.45, 7) is 3.03. The minimum atomic E-state index is -3.37. The summed E-state index contributed by atoms with van der Waals surface area (Å²) in [4.78, 5) is 7.85. The third-order valence-corrected chi connectivity index (χ3v) is 5.75. The van der Waals surface area contributed by atoms with Gasteiger partial charge < -0.3 is 9.47 Å². The van der Waals surface area contributed by atoms with E-state index in [1.54, 1.807) is 0 Å². The minimum absolute atomic E-state index is 0.150. The molecular formula is C12H17ClN4O4S. The molecule has 0 unspecified atom stereocenters. The lowest BCUT2D eigenvalue weighted by atomic mass is 10.1. The average molecular weight is 349 g/mol. The number of halogens is 1. The molecular weight excluding hydrogens is 332 g/mol. The first kappa shape index (κ1) is 15.9. The van der Waals surface area contributed by atoms with Crippen LogP contribution in [-0.4, -0.2) is 73.0 Å². The molecule has 0 aromatic carbocycles.